The van der Waals surface area contributed by atoms with Crippen LogP contribution in [0, 0.1) is 13.8 Å². The van der Waals surface area contributed by atoms with Gasteiger partial charge < -0.3 is 10.1 Å². The van der Waals surface area contributed by atoms with E-state index in [0.717, 1.165) is 22.6 Å². The lowest BCUT2D eigenvalue weighted by Gasteiger charge is -2.11. The molecule has 0 heterocycles. The normalized spacial score (nSPS) is 10.5. The molecule has 3 nitrogen and oxygen atoms in total. The van der Waals surface area contributed by atoms with Gasteiger partial charge in [-0.15, -0.1) is 11.8 Å². The number of nitrogens with one attached hydrogen (secondary N) is 1. The number of rotatable bonds is 8. The van der Waals surface area contributed by atoms with Gasteiger partial charge in [-0.25, -0.2) is 0 Å². The van der Waals surface area contributed by atoms with Crippen molar-refractivity contribution in [3.8, 4) is 5.75 Å². The summed E-state index contributed by atoms with van der Waals surface area (Å²) in [6.07, 6.45) is 0. The molecule has 0 unspecified atom stereocenters. The fourth-order valence-electron chi connectivity index (χ4n) is 2.73. The Hall–Kier alpha value is -2.72. The van der Waals surface area contributed by atoms with Crippen LogP contribution in [0.3, 0.4) is 0 Å². The van der Waals surface area contributed by atoms with Gasteiger partial charge in [0.15, 0.2) is 0 Å². The molecule has 0 saturated heterocycles. The Bertz CT molecular complexity index is 908. The number of ether oxygens (including phenoxy) is 1. The molecule has 0 aliphatic carbocycles. The summed E-state index contributed by atoms with van der Waals surface area (Å²) in [6.45, 7) is 4.97. The number of carbonyl (C=O) groups is 1. The number of amides is 1. The highest BCUT2D eigenvalue weighted by Gasteiger charge is 2.06. The number of hydrogen-bond acceptors (Lipinski definition) is 3. The van der Waals surface area contributed by atoms with Gasteiger partial charge >= 0.3 is 0 Å². The average molecular weight is 392 g/mol. The van der Waals surface area contributed by atoms with Gasteiger partial charge in [0, 0.05) is 16.2 Å². The van der Waals surface area contributed by atoms with Crippen LogP contribution in [0.1, 0.15) is 27.0 Å². The van der Waals surface area contributed by atoms with Crippen LogP contribution in [0.4, 0.5) is 0 Å². The zero-order chi connectivity index (χ0) is 19.8. The van der Waals surface area contributed by atoms with E-state index in [0.29, 0.717) is 18.7 Å². The van der Waals surface area contributed by atoms with Crippen molar-refractivity contribution in [1.82, 2.24) is 5.32 Å². The van der Waals surface area contributed by atoms with Crippen molar-refractivity contribution in [1.29, 1.82) is 0 Å². The zero-order valence-electron chi connectivity index (χ0n) is 16.3. The summed E-state index contributed by atoms with van der Waals surface area (Å²) in [6, 6.07) is 24.2. The maximum Gasteiger partial charge on any atom is 0.251 e. The lowest BCUT2D eigenvalue weighted by Crippen LogP contribution is -2.28. The van der Waals surface area contributed by atoms with Crippen molar-refractivity contribution >= 4 is 17.7 Å². The van der Waals surface area contributed by atoms with Crippen LogP contribution in [0.15, 0.2) is 77.7 Å². The van der Waals surface area contributed by atoms with Crippen LogP contribution >= 0.6 is 11.8 Å². The maximum absolute atomic E-state index is 12.3. The summed E-state index contributed by atoms with van der Waals surface area (Å²) in [5, 5.41) is 2.91. The molecule has 4 heteroatoms. The van der Waals surface area contributed by atoms with Crippen LogP contribution in [-0.2, 0) is 5.75 Å². The van der Waals surface area contributed by atoms with Gasteiger partial charge in [0.2, 0.25) is 0 Å². The van der Waals surface area contributed by atoms with E-state index >= 15 is 0 Å². The highest BCUT2D eigenvalue weighted by atomic mass is 32.2. The maximum atomic E-state index is 12.3. The molecule has 0 radical (unpaired) electrons. The highest BCUT2D eigenvalue weighted by molar-refractivity contribution is 7.98. The molecule has 0 saturated carbocycles. The van der Waals surface area contributed by atoms with Crippen LogP contribution < -0.4 is 10.1 Å². The number of aryl methyl sites for hydroxylation is 2. The molecule has 3 aromatic carbocycles. The Morgan fingerprint density at radius 2 is 1.71 bits per heavy atom. The van der Waals surface area contributed by atoms with Gasteiger partial charge in [0.05, 0.1) is 6.54 Å². The van der Waals surface area contributed by atoms with Gasteiger partial charge in [-0.3, -0.25) is 4.79 Å². The third kappa shape index (κ3) is 5.89. The zero-order valence-corrected chi connectivity index (χ0v) is 17.1. The SMILES string of the molecule is Cc1ccc(C)c(OCCNC(=O)c2ccc(CSc3ccccc3)cc2)c1. The second-order valence-electron chi connectivity index (χ2n) is 6.67. The summed E-state index contributed by atoms with van der Waals surface area (Å²) in [4.78, 5) is 13.5. The molecular formula is C24H25NO2S. The quantitative estimate of drug-likeness (QED) is 0.412. The molecule has 0 fully saturated rings. The van der Waals surface area contributed by atoms with Crippen molar-refractivity contribution < 1.29 is 9.53 Å². The van der Waals surface area contributed by atoms with E-state index in [4.69, 9.17) is 4.74 Å². The predicted molar refractivity (Wildman–Crippen MR) is 116 cm³/mol. The molecule has 0 aliphatic rings. The summed E-state index contributed by atoms with van der Waals surface area (Å²) in [5.41, 5.74) is 4.12. The molecule has 3 aromatic rings. The second kappa shape index (κ2) is 10.00. The van der Waals surface area contributed by atoms with Crippen LogP contribution in [-0.4, -0.2) is 19.1 Å². The van der Waals surface area contributed by atoms with E-state index in [1.807, 2.05) is 68.4 Å². The summed E-state index contributed by atoms with van der Waals surface area (Å²) >= 11 is 1.79. The van der Waals surface area contributed by atoms with E-state index < -0.39 is 0 Å². The first-order valence-corrected chi connectivity index (χ1v) is 10.4. The van der Waals surface area contributed by atoms with Crippen molar-refractivity contribution in [3.63, 3.8) is 0 Å². The smallest absolute Gasteiger partial charge is 0.251 e. The molecule has 0 bridgehead atoms. The number of thioether (sulfide) groups is 1. The molecule has 0 spiro atoms. The monoisotopic (exact) mass is 391 g/mol. The summed E-state index contributed by atoms with van der Waals surface area (Å²) in [7, 11) is 0. The number of benzene rings is 3. The Morgan fingerprint density at radius 1 is 0.964 bits per heavy atom. The highest BCUT2D eigenvalue weighted by Crippen LogP contribution is 2.22. The number of carbonyl (C=O) groups excluding carboxylic acids is 1. The Morgan fingerprint density at radius 3 is 2.46 bits per heavy atom. The van der Waals surface area contributed by atoms with Gasteiger partial charge in [-0.2, -0.15) is 0 Å². The van der Waals surface area contributed by atoms with E-state index in [-0.39, 0.29) is 5.91 Å². The molecular weight excluding hydrogens is 366 g/mol. The first kappa shape index (κ1) is 20.0. The standard InChI is InChI=1S/C24H25NO2S/c1-18-8-9-19(2)23(16-18)27-15-14-25-24(26)21-12-10-20(11-13-21)17-28-22-6-4-3-5-7-22/h3-13,16H,14-15,17H2,1-2H3,(H,25,26). The van der Waals surface area contributed by atoms with Crippen LogP contribution in [0.2, 0.25) is 0 Å². The third-order valence-corrected chi connectivity index (χ3v) is 5.44. The fraction of sp³-hybridized carbons (Fsp3) is 0.208. The van der Waals surface area contributed by atoms with E-state index in [1.54, 1.807) is 11.8 Å². The molecule has 0 aromatic heterocycles. The van der Waals surface area contributed by atoms with Crippen LogP contribution in [0.5, 0.6) is 5.75 Å². The predicted octanol–water partition coefficient (Wildman–Crippen LogP) is 5.40. The molecule has 1 N–H and O–H groups in total. The third-order valence-electron chi connectivity index (χ3n) is 4.35. The average Bonchev–Trinajstić information content (AvgIpc) is 2.73. The molecule has 1 amide bonds. The number of hydrogen-bond donors (Lipinski definition) is 1. The first-order chi connectivity index (χ1) is 13.6. The Kier molecular flexibility index (Phi) is 7.15. The second-order valence-corrected chi connectivity index (χ2v) is 7.72. The van der Waals surface area contributed by atoms with Gasteiger partial charge in [-0.05, 0) is 60.9 Å². The Balaban J connectivity index is 1.43. The largest absolute Gasteiger partial charge is 0.491 e. The minimum absolute atomic E-state index is 0.0770. The van der Waals surface area contributed by atoms with Gasteiger partial charge in [-0.1, -0.05) is 42.5 Å². The molecule has 3 rings (SSSR count). The van der Waals surface area contributed by atoms with Crippen molar-refractivity contribution in [2.75, 3.05) is 13.2 Å². The lowest BCUT2D eigenvalue weighted by atomic mass is 10.1. The Labute approximate surface area is 171 Å². The minimum Gasteiger partial charge on any atom is -0.491 e. The van der Waals surface area contributed by atoms with E-state index in [1.165, 1.54) is 10.5 Å². The molecule has 0 aliphatic heterocycles. The van der Waals surface area contributed by atoms with Crippen molar-refractivity contribution in [3.05, 3.63) is 95.1 Å². The summed E-state index contributed by atoms with van der Waals surface area (Å²) < 4.78 is 5.78. The molecule has 0 atom stereocenters. The molecule has 144 valence electrons. The lowest BCUT2D eigenvalue weighted by molar-refractivity contribution is 0.0947. The van der Waals surface area contributed by atoms with Crippen LogP contribution in [0.25, 0.3) is 0 Å². The van der Waals surface area contributed by atoms with E-state index in [2.05, 4.69) is 23.5 Å². The minimum atomic E-state index is -0.0770. The van der Waals surface area contributed by atoms with Gasteiger partial charge in [0.1, 0.15) is 12.4 Å². The fourth-order valence-corrected chi connectivity index (χ4v) is 3.60. The molecule has 28 heavy (non-hydrogen) atoms. The van der Waals surface area contributed by atoms with Crippen molar-refractivity contribution in [2.24, 2.45) is 0 Å². The topological polar surface area (TPSA) is 38.3 Å². The first-order valence-electron chi connectivity index (χ1n) is 9.37. The summed E-state index contributed by atoms with van der Waals surface area (Å²) in [5.74, 6) is 1.68. The van der Waals surface area contributed by atoms with Gasteiger partial charge in [0.25, 0.3) is 5.91 Å². The van der Waals surface area contributed by atoms with Crippen molar-refractivity contribution in [2.45, 2.75) is 24.5 Å². The van der Waals surface area contributed by atoms with E-state index in [9.17, 15) is 4.79 Å².